The van der Waals surface area contributed by atoms with Crippen molar-refractivity contribution in [3.63, 3.8) is 0 Å². The molecule has 1 heterocycles. The lowest BCUT2D eigenvalue weighted by Crippen LogP contribution is -2.25. The van der Waals surface area contributed by atoms with Crippen LogP contribution in [0.3, 0.4) is 0 Å². The van der Waals surface area contributed by atoms with Crippen molar-refractivity contribution in [2.45, 2.75) is 13.3 Å². The topological polar surface area (TPSA) is 59.1 Å². The Balaban J connectivity index is 1.97. The van der Waals surface area contributed by atoms with E-state index in [1.54, 1.807) is 12.1 Å². The zero-order valence-corrected chi connectivity index (χ0v) is 12.6. The third kappa shape index (κ3) is 2.42. The number of ketones is 2. The highest BCUT2D eigenvalue weighted by Crippen LogP contribution is 2.28. The highest BCUT2D eigenvalue weighted by molar-refractivity contribution is 6.50. The lowest BCUT2D eigenvalue weighted by Gasteiger charge is -2.18. The fraction of sp³-hybridized carbons (Fsp3) is 0.118. The maximum Gasteiger partial charge on any atom is 0.229 e. The van der Waals surface area contributed by atoms with Gasteiger partial charge in [-0.05, 0) is 36.2 Å². The van der Waals surface area contributed by atoms with E-state index in [1.165, 1.54) is 11.8 Å². The number of hydrogen-bond acceptors (Lipinski definition) is 4. The van der Waals surface area contributed by atoms with Crippen LogP contribution >= 0.6 is 11.6 Å². The first-order valence-electron chi connectivity index (χ1n) is 6.92. The summed E-state index contributed by atoms with van der Waals surface area (Å²) in [6.07, 6.45) is 2.41. The Hall–Kier alpha value is -2.46. The van der Waals surface area contributed by atoms with Gasteiger partial charge in [-0.15, -0.1) is 0 Å². The van der Waals surface area contributed by atoms with Crippen molar-refractivity contribution in [3.8, 4) is 0 Å². The third-order valence-electron chi connectivity index (χ3n) is 3.54. The second-order valence-electron chi connectivity index (χ2n) is 4.92. The van der Waals surface area contributed by atoms with Crippen molar-refractivity contribution in [1.29, 1.82) is 0 Å². The molecule has 0 unspecified atom stereocenters. The van der Waals surface area contributed by atoms with Crippen molar-refractivity contribution >= 4 is 28.9 Å². The van der Waals surface area contributed by atoms with E-state index in [9.17, 15) is 9.59 Å². The van der Waals surface area contributed by atoms with Crippen LogP contribution in [0, 0.1) is 0 Å². The van der Waals surface area contributed by atoms with Gasteiger partial charge in [0.15, 0.2) is 0 Å². The average molecular weight is 313 g/mol. The van der Waals surface area contributed by atoms with E-state index in [4.69, 9.17) is 11.6 Å². The number of Topliss-reactive ketones (excluding diaryl/α,β-unsaturated/α-hetero) is 2. The van der Waals surface area contributed by atoms with Crippen LogP contribution in [0.1, 0.15) is 33.3 Å². The normalized spacial score (nSPS) is 14.1. The number of hydrogen-bond donors (Lipinski definition) is 1. The number of nitrogens with one attached hydrogen (secondary N) is 1. The molecule has 0 atom stereocenters. The summed E-state index contributed by atoms with van der Waals surface area (Å²) in [5, 5.41) is 2.83. The molecule has 5 heteroatoms. The Labute approximate surface area is 132 Å². The molecule has 1 N–H and O–H groups in total. The van der Waals surface area contributed by atoms with Gasteiger partial charge in [0.1, 0.15) is 16.4 Å². The fourth-order valence-electron chi connectivity index (χ4n) is 2.30. The monoisotopic (exact) mass is 312 g/mol. The zero-order chi connectivity index (χ0) is 15.7. The molecular formula is C17H13ClN2O2. The molecule has 0 spiro atoms. The molecule has 1 aliphatic rings. The number of aryl methyl sites for hydroxylation is 1. The van der Waals surface area contributed by atoms with E-state index in [0.717, 1.165) is 6.42 Å². The number of anilines is 1. The molecule has 0 bridgehead atoms. The third-order valence-corrected chi connectivity index (χ3v) is 3.91. The summed E-state index contributed by atoms with van der Waals surface area (Å²) < 4.78 is 0. The van der Waals surface area contributed by atoms with Crippen molar-refractivity contribution in [1.82, 2.24) is 4.98 Å². The maximum absolute atomic E-state index is 12.5. The van der Waals surface area contributed by atoms with Gasteiger partial charge in [0.2, 0.25) is 11.6 Å². The van der Waals surface area contributed by atoms with Gasteiger partial charge in [-0.2, -0.15) is 0 Å². The lowest BCUT2D eigenvalue weighted by atomic mass is 9.97. The van der Waals surface area contributed by atoms with Crippen LogP contribution in [-0.2, 0) is 6.42 Å². The minimum atomic E-state index is -0.392. The van der Waals surface area contributed by atoms with Gasteiger partial charge >= 0.3 is 0 Å². The van der Waals surface area contributed by atoms with Crippen LogP contribution < -0.4 is 5.32 Å². The molecule has 3 rings (SSSR count). The first-order valence-corrected chi connectivity index (χ1v) is 7.29. The predicted molar refractivity (Wildman–Crippen MR) is 85.2 cm³/mol. The lowest BCUT2D eigenvalue weighted by molar-refractivity contribution is 0.0978. The van der Waals surface area contributed by atoms with Crippen LogP contribution in [0.25, 0.3) is 0 Å². The number of nitrogens with zero attached hydrogens (tertiary/aromatic N) is 1. The zero-order valence-electron chi connectivity index (χ0n) is 11.9. The van der Waals surface area contributed by atoms with Crippen LogP contribution in [0.4, 0.5) is 5.69 Å². The molecular weight excluding hydrogens is 300 g/mol. The molecule has 1 aliphatic carbocycles. The minimum Gasteiger partial charge on any atom is -0.351 e. The molecule has 0 saturated heterocycles. The molecule has 0 fully saturated rings. The number of aromatic nitrogens is 1. The molecule has 0 amide bonds. The molecule has 22 heavy (non-hydrogen) atoms. The standard InChI is InChI=1S/C17H13ClN2O2/c1-2-10-5-7-11(8-6-10)20-15-13(18)16(21)12-4-3-9-19-14(12)17(15)22/h3-9,20H,2H2,1H3. The van der Waals surface area contributed by atoms with Crippen molar-refractivity contribution in [2.24, 2.45) is 0 Å². The van der Waals surface area contributed by atoms with Gasteiger partial charge in [-0.1, -0.05) is 30.7 Å². The molecule has 1 aromatic heterocycles. The maximum atomic E-state index is 12.5. The van der Waals surface area contributed by atoms with Gasteiger partial charge in [0, 0.05) is 11.9 Å². The smallest absolute Gasteiger partial charge is 0.229 e. The van der Waals surface area contributed by atoms with Crippen LogP contribution in [0.15, 0.2) is 53.3 Å². The second kappa shape index (κ2) is 5.73. The number of carbonyl (C=O) groups is 2. The highest BCUT2D eigenvalue weighted by atomic mass is 35.5. The van der Waals surface area contributed by atoms with Crippen LogP contribution in [0.5, 0.6) is 0 Å². The molecule has 0 saturated carbocycles. The van der Waals surface area contributed by atoms with E-state index in [0.29, 0.717) is 5.69 Å². The van der Waals surface area contributed by atoms with E-state index >= 15 is 0 Å². The summed E-state index contributed by atoms with van der Waals surface area (Å²) in [5.41, 5.74) is 2.32. The summed E-state index contributed by atoms with van der Waals surface area (Å²) in [6, 6.07) is 10.8. The predicted octanol–water partition coefficient (Wildman–Crippen LogP) is 3.59. The van der Waals surface area contributed by atoms with Crippen molar-refractivity contribution in [2.75, 3.05) is 5.32 Å². The summed E-state index contributed by atoms with van der Waals surface area (Å²) in [6.45, 7) is 2.06. The minimum absolute atomic E-state index is 0.0714. The van der Waals surface area contributed by atoms with Crippen LogP contribution in [0.2, 0.25) is 0 Å². The molecule has 110 valence electrons. The Morgan fingerprint density at radius 3 is 2.50 bits per heavy atom. The Bertz CT molecular complexity index is 795. The van der Waals surface area contributed by atoms with E-state index in [-0.39, 0.29) is 27.8 Å². The molecule has 4 nitrogen and oxygen atoms in total. The fourth-order valence-corrected chi connectivity index (χ4v) is 2.53. The molecule has 0 aliphatic heterocycles. The van der Waals surface area contributed by atoms with Crippen molar-refractivity contribution in [3.05, 3.63) is 70.1 Å². The number of benzene rings is 1. The number of fused-ring (bicyclic) bond motifs is 1. The Morgan fingerprint density at radius 1 is 1.09 bits per heavy atom. The van der Waals surface area contributed by atoms with E-state index in [1.807, 2.05) is 24.3 Å². The second-order valence-corrected chi connectivity index (χ2v) is 5.30. The first kappa shape index (κ1) is 14.5. The number of rotatable bonds is 3. The van der Waals surface area contributed by atoms with Gasteiger partial charge < -0.3 is 5.32 Å². The number of allylic oxidation sites excluding steroid dienone is 2. The van der Waals surface area contributed by atoms with E-state index in [2.05, 4.69) is 17.2 Å². The number of carbonyl (C=O) groups excluding carboxylic acids is 2. The van der Waals surface area contributed by atoms with Gasteiger partial charge in [-0.25, -0.2) is 0 Å². The summed E-state index contributed by atoms with van der Waals surface area (Å²) >= 11 is 6.08. The SMILES string of the molecule is CCc1ccc(NC2=C(Cl)C(=O)c3cccnc3C2=O)cc1. The largest absolute Gasteiger partial charge is 0.351 e. The van der Waals surface area contributed by atoms with Crippen LogP contribution in [-0.4, -0.2) is 16.6 Å². The van der Waals surface area contributed by atoms with Gasteiger partial charge in [0.25, 0.3) is 0 Å². The first-order chi connectivity index (χ1) is 10.6. The van der Waals surface area contributed by atoms with E-state index < -0.39 is 5.78 Å². The summed E-state index contributed by atoms with van der Waals surface area (Å²) in [7, 11) is 0. The highest BCUT2D eigenvalue weighted by Gasteiger charge is 2.32. The molecule has 0 radical (unpaired) electrons. The van der Waals surface area contributed by atoms with Crippen molar-refractivity contribution < 1.29 is 9.59 Å². The Morgan fingerprint density at radius 2 is 1.82 bits per heavy atom. The Kier molecular flexibility index (Phi) is 3.77. The van der Waals surface area contributed by atoms with Gasteiger partial charge in [0.05, 0.1) is 5.56 Å². The quantitative estimate of drug-likeness (QED) is 0.941. The summed E-state index contributed by atoms with van der Waals surface area (Å²) in [5.74, 6) is -0.767. The average Bonchev–Trinajstić information content (AvgIpc) is 2.57. The number of halogens is 1. The van der Waals surface area contributed by atoms with Gasteiger partial charge in [-0.3, -0.25) is 14.6 Å². The summed E-state index contributed by atoms with van der Waals surface area (Å²) in [4.78, 5) is 28.7. The molecule has 2 aromatic rings. The number of pyridine rings is 1. The molecule has 1 aromatic carbocycles.